The Bertz CT molecular complexity index is 1130. The van der Waals surface area contributed by atoms with Gasteiger partial charge in [-0.05, 0) is 31.5 Å². The highest BCUT2D eigenvalue weighted by molar-refractivity contribution is 5.69. The zero-order chi connectivity index (χ0) is 22.4. The van der Waals surface area contributed by atoms with Gasteiger partial charge in [-0.3, -0.25) is 13.9 Å². The van der Waals surface area contributed by atoms with Crippen LogP contribution in [-0.2, 0) is 20.6 Å². The monoisotopic (exact) mass is 431 g/mol. The summed E-state index contributed by atoms with van der Waals surface area (Å²) in [5, 5.41) is 13.3. The van der Waals surface area contributed by atoms with Crippen molar-refractivity contribution in [2.45, 2.75) is 25.5 Å². The average Bonchev–Trinajstić information content (AvgIpc) is 3.21. The SMILES string of the molecule is COc1ccccc1OCC(O)CNCCCCn1cnc2c1c(=O)n(C)c(=O)n2C. The van der Waals surface area contributed by atoms with Crippen LogP contribution in [0, 0.1) is 0 Å². The van der Waals surface area contributed by atoms with Crippen molar-refractivity contribution in [2.75, 3.05) is 26.8 Å². The maximum Gasteiger partial charge on any atom is 0.332 e. The molecule has 1 aromatic carbocycles. The lowest BCUT2D eigenvalue weighted by Gasteiger charge is -2.15. The predicted molar refractivity (Wildman–Crippen MR) is 117 cm³/mol. The van der Waals surface area contributed by atoms with Gasteiger partial charge in [0.1, 0.15) is 12.7 Å². The van der Waals surface area contributed by atoms with Crippen LogP contribution in [0.15, 0.2) is 40.2 Å². The van der Waals surface area contributed by atoms with Gasteiger partial charge in [-0.25, -0.2) is 9.78 Å². The van der Waals surface area contributed by atoms with E-state index in [4.69, 9.17) is 9.47 Å². The van der Waals surface area contributed by atoms with Crippen molar-refractivity contribution < 1.29 is 14.6 Å². The van der Waals surface area contributed by atoms with Crippen LogP contribution in [0.25, 0.3) is 11.2 Å². The molecule has 0 bridgehead atoms. The lowest BCUT2D eigenvalue weighted by Crippen LogP contribution is -2.37. The molecular formula is C21H29N5O5. The van der Waals surface area contributed by atoms with Crippen molar-refractivity contribution in [3.63, 3.8) is 0 Å². The number of rotatable bonds is 11. The number of fused-ring (bicyclic) bond motifs is 1. The fourth-order valence-corrected chi connectivity index (χ4v) is 3.35. The highest BCUT2D eigenvalue weighted by Crippen LogP contribution is 2.25. The molecule has 0 amide bonds. The van der Waals surface area contributed by atoms with Gasteiger partial charge in [-0.1, -0.05) is 12.1 Å². The van der Waals surface area contributed by atoms with Crippen LogP contribution in [0.5, 0.6) is 11.5 Å². The molecule has 31 heavy (non-hydrogen) atoms. The number of hydrogen-bond donors (Lipinski definition) is 2. The fourth-order valence-electron chi connectivity index (χ4n) is 3.35. The number of aryl methyl sites for hydroxylation is 2. The Morgan fingerprint density at radius 1 is 1.13 bits per heavy atom. The van der Waals surface area contributed by atoms with Crippen LogP contribution in [0.1, 0.15) is 12.8 Å². The molecule has 0 aliphatic carbocycles. The van der Waals surface area contributed by atoms with Crippen molar-refractivity contribution >= 4 is 11.2 Å². The number of ether oxygens (including phenoxy) is 2. The molecule has 3 aromatic rings. The molecule has 2 aromatic heterocycles. The second-order valence-electron chi connectivity index (χ2n) is 7.34. The molecule has 1 unspecified atom stereocenters. The smallest absolute Gasteiger partial charge is 0.332 e. The van der Waals surface area contributed by atoms with Gasteiger partial charge < -0.3 is 24.5 Å². The number of hydrogen-bond acceptors (Lipinski definition) is 7. The molecule has 1 atom stereocenters. The van der Waals surface area contributed by atoms with E-state index in [1.807, 2.05) is 12.1 Å². The molecule has 10 nitrogen and oxygen atoms in total. The summed E-state index contributed by atoms with van der Waals surface area (Å²) < 4.78 is 15.1. The van der Waals surface area contributed by atoms with Crippen molar-refractivity contribution in [3.05, 3.63) is 51.4 Å². The molecule has 0 aliphatic rings. The van der Waals surface area contributed by atoms with E-state index in [0.29, 0.717) is 35.8 Å². The van der Waals surface area contributed by atoms with Crippen LogP contribution in [0.3, 0.4) is 0 Å². The minimum atomic E-state index is -0.646. The Morgan fingerprint density at radius 2 is 1.87 bits per heavy atom. The summed E-state index contributed by atoms with van der Waals surface area (Å²) in [6.07, 6.45) is 2.62. The van der Waals surface area contributed by atoms with E-state index in [-0.39, 0.29) is 17.9 Å². The first-order valence-electron chi connectivity index (χ1n) is 10.2. The van der Waals surface area contributed by atoms with E-state index in [1.54, 1.807) is 37.2 Å². The topological polar surface area (TPSA) is 113 Å². The first-order valence-corrected chi connectivity index (χ1v) is 10.2. The lowest BCUT2D eigenvalue weighted by atomic mass is 10.3. The minimum Gasteiger partial charge on any atom is -0.493 e. The highest BCUT2D eigenvalue weighted by atomic mass is 16.5. The Hall–Kier alpha value is -3.11. The Labute approximate surface area is 179 Å². The molecule has 3 rings (SSSR count). The van der Waals surface area contributed by atoms with Crippen LogP contribution < -0.4 is 26.0 Å². The van der Waals surface area contributed by atoms with E-state index in [9.17, 15) is 14.7 Å². The van der Waals surface area contributed by atoms with Crippen molar-refractivity contribution in [1.29, 1.82) is 0 Å². The van der Waals surface area contributed by atoms with Gasteiger partial charge >= 0.3 is 5.69 Å². The van der Waals surface area contributed by atoms with E-state index in [0.717, 1.165) is 24.0 Å². The van der Waals surface area contributed by atoms with Gasteiger partial charge in [0.25, 0.3) is 5.56 Å². The Morgan fingerprint density at radius 3 is 2.61 bits per heavy atom. The number of para-hydroxylation sites is 2. The number of aliphatic hydroxyl groups is 1. The minimum absolute atomic E-state index is 0.163. The number of benzene rings is 1. The van der Waals surface area contributed by atoms with E-state index in [1.165, 1.54) is 11.6 Å². The number of aliphatic hydroxyl groups excluding tert-OH is 1. The molecule has 2 heterocycles. The molecule has 0 saturated carbocycles. The number of methoxy groups -OCH3 is 1. The standard InChI is InChI=1S/C21H29N5O5/c1-24-19-18(20(28)25(2)21(24)29)26(14-23-19)11-7-6-10-22-12-15(27)13-31-17-9-5-4-8-16(17)30-3/h4-5,8-9,14-15,22,27H,6-7,10-13H2,1-3H3. The fraction of sp³-hybridized carbons (Fsp3) is 0.476. The zero-order valence-corrected chi connectivity index (χ0v) is 18.1. The molecule has 168 valence electrons. The molecule has 0 radical (unpaired) electrons. The molecule has 2 N–H and O–H groups in total. The summed E-state index contributed by atoms with van der Waals surface area (Å²) in [5.41, 5.74) is 0.0953. The normalized spacial score (nSPS) is 12.3. The molecule has 0 spiro atoms. The van der Waals surface area contributed by atoms with Crippen LogP contribution in [0.2, 0.25) is 0 Å². The largest absolute Gasteiger partial charge is 0.493 e. The summed E-state index contributed by atoms with van der Waals surface area (Å²) in [6.45, 7) is 1.90. The number of imidazole rings is 1. The van der Waals surface area contributed by atoms with Crippen LogP contribution >= 0.6 is 0 Å². The molecule has 0 aliphatic heterocycles. The summed E-state index contributed by atoms with van der Waals surface area (Å²) in [5.74, 6) is 1.23. The van der Waals surface area contributed by atoms with Crippen LogP contribution in [0.4, 0.5) is 0 Å². The molecule has 0 fully saturated rings. The maximum atomic E-state index is 12.4. The predicted octanol–water partition coefficient (Wildman–Crippen LogP) is 0.252. The van der Waals surface area contributed by atoms with Crippen LogP contribution in [-0.4, -0.2) is 56.7 Å². The van der Waals surface area contributed by atoms with Gasteiger partial charge in [0.15, 0.2) is 22.7 Å². The van der Waals surface area contributed by atoms with Gasteiger partial charge in [-0.2, -0.15) is 0 Å². The van der Waals surface area contributed by atoms with Gasteiger partial charge in [0.2, 0.25) is 0 Å². The first kappa shape index (κ1) is 22.6. The van der Waals surface area contributed by atoms with Gasteiger partial charge in [0.05, 0.1) is 13.4 Å². The van der Waals surface area contributed by atoms with E-state index < -0.39 is 6.10 Å². The lowest BCUT2D eigenvalue weighted by molar-refractivity contribution is 0.105. The summed E-state index contributed by atoms with van der Waals surface area (Å²) in [4.78, 5) is 28.6. The number of aromatic nitrogens is 4. The quantitative estimate of drug-likeness (QED) is 0.419. The number of nitrogens with zero attached hydrogens (tertiary/aromatic N) is 4. The molecular weight excluding hydrogens is 402 g/mol. The van der Waals surface area contributed by atoms with E-state index in [2.05, 4.69) is 10.3 Å². The zero-order valence-electron chi connectivity index (χ0n) is 18.1. The highest BCUT2D eigenvalue weighted by Gasteiger charge is 2.14. The third-order valence-electron chi connectivity index (χ3n) is 5.10. The average molecular weight is 431 g/mol. The second-order valence-corrected chi connectivity index (χ2v) is 7.34. The number of unbranched alkanes of at least 4 members (excludes halogenated alkanes) is 1. The Balaban J connectivity index is 1.41. The maximum absolute atomic E-state index is 12.4. The third-order valence-corrected chi connectivity index (χ3v) is 5.10. The second kappa shape index (κ2) is 10.3. The third kappa shape index (κ3) is 5.15. The van der Waals surface area contributed by atoms with Crippen molar-refractivity contribution in [3.8, 4) is 11.5 Å². The summed E-state index contributed by atoms with van der Waals surface area (Å²) >= 11 is 0. The van der Waals surface area contributed by atoms with Crippen molar-refractivity contribution in [2.24, 2.45) is 14.1 Å². The van der Waals surface area contributed by atoms with Gasteiger partial charge in [-0.15, -0.1) is 0 Å². The number of nitrogens with one attached hydrogen (secondary N) is 1. The van der Waals surface area contributed by atoms with E-state index >= 15 is 0 Å². The molecule has 10 heteroatoms. The van der Waals surface area contributed by atoms with Crippen molar-refractivity contribution in [1.82, 2.24) is 24.0 Å². The first-order chi connectivity index (χ1) is 14.9. The summed E-state index contributed by atoms with van der Waals surface area (Å²) in [7, 11) is 4.65. The van der Waals surface area contributed by atoms with Gasteiger partial charge in [0, 0.05) is 27.2 Å². The Kier molecular flexibility index (Phi) is 7.48. The summed E-state index contributed by atoms with van der Waals surface area (Å²) in [6, 6.07) is 7.30. The molecule has 0 saturated heterocycles.